The number of alkyl halides is 1. The molecule has 1 atom stereocenters. The van der Waals surface area contributed by atoms with Crippen molar-refractivity contribution in [2.24, 2.45) is 0 Å². The maximum Gasteiger partial charge on any atom is 0.0785 e. The minimum absolute atomic E-state index is 0.500. The number of hydrogen-bond donors (Lipinski definition) is 0. The molecule has 1 heterocycles. The second-order valence-corrected chi connectivity index (χ2v) is 2.73. The van der Waals surface area contributed by atoms with Crippen LogP contribution in [-0.4, -0.2) is 45.4 Å². The van der Waals surface area contributed by atoms with Crippen LogP contribution in [0.2, 0.25) is 0 Å². The molecule has 0 aromatic heterocycles. The number of methoxy groups -OCH3 is 1. The summed E-state index contributed by atoms with van der Waals surface area (Å²) in [6.45, 7) is 6.14. The molecule has 2 nitrogen and oxygen atoms in total. The van der Waals surface area contributed by atoms with Crippen molar-refractivity contribution < 1.29 is 9.13 Å². The zero-order valence-corrected chi connectivity index (χ0v) is 9.64. The van der Waals surface area contributed by atoms with Crippen molar-refractivity contribution in [3.05, 3.63) is 0 Å². The lowest BCUT2D eigenvalue weighted by atomic mass is 10.2. The molecule has 1 rings (SSSR count). The first-order chi connectivity index (χ1) is 6.34. The van der Waals surface area contributed by atoms with Crippen molar-refractivity contribution in [1.29, 1.82) is 0 Å². The van der Waals surface area contributed by atoms with E-state index in [2.05, 4.69) is 11.9 Å². The van der Waals surface area contributed by atoms with Crippen LogP contribution in [0.5, 0.6) is 0 Å². The van der Waals surface area contributed by atoms with Gasteiger partial charge in [0.15, 0.2) is 0 Å². The van der Waals surface area contributed by atoms with E-state index >= 15 is 0 Å². The molecule has 1 fully saturated rings. The van der Waals surface area contributed by atoms with E-state index in [-0.39, 0.29) is 0 Å². The fraction of sp³-hybridized carbons (Fsp3) is 1.00. The summed E-state index contributed by atoms with van der Waals surface area (Å²) in [4.78, 5) is 2.36. The van der Waals surface area contributed by atoms with Crippen molar-refractivity contribution in [2.75, 3.05) is 34.5 Å². The van der Waals surface area contributed by atoms with Crippen LogP contribution < -0.4 is 0 Å². The molecule has 0 saturated carbocycles. The Morgan fingerprint density at radius 3 is 2.23 bits per heavy atom. The van der Waals surface area contributed by atoms with Crippen LogP contribution in [-0.2, 0) is 4.74 Å². The number of likely N-dealkylation sites (tertiary alicyclic amines) is 1. The zero-order valence-electron chi connectivity index (χ0n) is 9.64. The quantitative estimate of drug-likeness (QED) is 0.667. The van der Waals surface area contributed by atoms with Gasteiger partial charge in [-0.3, -0.25) is 4.39 Å². The fourth-order valence-electron chi connectivity index (χ4n) is 1.38. The van der Waals surface area contributed by atoms with Crippen LogP contribution in [0.3, 0.4) is 0 Å². The molecule has 1 saturated heterocycles. The summed E-state index contributed by atoms with van der Waals surface area (Å²) in [6.07, 6.45) is 2.65. The molecule has 13 heavy (non-hydrogen) atoms. The minimum atomic E-state index is 0.500. The first kappa shape index (κ1) is 15.3. The third kappa shape index (κ3) is 6.96. The van der Waals surface area contributed by atoms with Crippen LogP contribution in [0, 0.1) is 0 Å². The predicted octanol–water partition coefficient (Wildman–Crippen LogP) is 2.34. The molecule has 1 aliphatic rings. The molecule has 1 unspecified atom stereocenters. The van der Waals surface area contributed by atoms with E-state index in [0.29, 0.717) is 13.2 Å². The first-order valence-electron chi connectivity index (χ1n) is 4.91. The average Bonchev–Trinajstić information content (AvgIpc) is 2.60. The lowest BCUT2D eigenvalue weighted by Crippen LogP contribution is -2.28. The molecule has 3 heteroatoms. The molecule has 0 spiro atoms. The second kappa shape index (κ2) is 11.8. The lowest BCUT2D eigenvalue weighted by molar-refractivity contribution is 0.129. The summed E-state index contributed by atoms with van der Waals surface area (Å²) in [5.74, 6) is 0. The standard InChI is InChI=1S/C7H15NO.C2H6.CH3F/c1-8-5-3-4-7(8)6-9-2;2*1-2/h7H,3-6H2,1-2H3;1-2H3;1H3. The molecular weight excluding hydrogens is 169 g/mol. The first-order valence-corrected chi connectivity index (χ1v) is 4.91. The van der Waals surface area contributed by atoms with Gasteiger partial charge < -0.3 is 9.64 Å². The van der Waals surface area contributed by atoms with Gasteiger partial charge in [-0.25, -0.2) is 0 Å². The number of halogens is 1. The van der Waals surface area contributed by atoms with Crippen LogP contribution in [0.4, 0.5) is 4.39 Å². The van der Waals surface area contributed by atoms with Gasteiger partial charge in [0.05, 0.1) is 13.8 Å². The Bertz CT molecular complexity index is 91.0. The summed E-state index contributed by atoms with van der Waals surface area (Å²) in [7, 11) is 4.43. The van der Waals surface area contributed by atoms with Crippen LogP contribution in [0.1, 0.15) is 26.7 Å². The van der Waals surface area contributed by atoms with Gasteiger partial charge in [0.1, 0.15) is 0 Å². The maximum absolute atomic E-state index is 9.50. The smallest absolute Gasteiger partial charge is 0.0785 e. The number of rotatable bonds is 2. The molecular formula is C10H24FNO. The van der Waals surface area contributed by atoms with Crippen molar-refractivity contribution in [3.63, 3.8) is 0 Å². The summed E-state index contributed by atoms with van der Waals surface area (Å²) in [5.41, 5.74) is 0. The highest BCUT2D eigenvalue weighted by Crippen LogP contribution is 2.13. The molecule has 82 valence electrons. The molecule has 1 aliphatic heterocycles. The third-order valence-electron chi connectivity index (χ3n) is 2.03. The van der Waals surface area contributed by atoms with Gasteiger partial charge in [-0.2, -0.15) is 0 Å². The van der Waals surface area contributed by atoms with Gasteiger partial charge in [0, 0.05) is 13.2 Å². The largest absolute Gasteiger partial charge is 0.383 e. The Kier molecular flexibility index (Phi) is 14.0. The highest BCUT2D eigenvalue weighted by Gasteiger charge is 2.19. The minimum Gasteiger partial charge on any atom is -0.383 e. The molecule has 0 amide bonds. The van der Waals surface area contributed by atoms with E-state index in [4.69, 9.17) is 4.74 Å². The number of hydrogen-bond acceptors (Lipinski definition) is 2. The van der Waals surface area contributed by atoms with E-state index in [1.807, 2.05) is 13.8 Å². The van der Waals surface area contributed by atoms with E-state index in [0.717, 1.165) is 6.61 Å². The summed E-state index contributed by atoms with van der Waals surface area (Å²) < 4.78 is 14.6. The van der Waals surface area contributed by atoms with Crippen molar-refractivity contribution in [1.82, 2.24) is 4.90 Å². The Labute approximate surface area is 82.1 Å². The molecule has 0 aliphatic carbocycles. The van der Waals surface area contributed by atoms with E-state index < -0.39 is 0 Å². The Morgan fingerprint density at radius 2 is 1.92 bits per heavy atom. The summed E-state index contributed by atoms with van der Waals surface area (Å²) >= 11 is 0. The number of nitrogens with zero attached hydrogens (tertiary/aromatic N) is 1. The van der Waals surface area contributed by atoms with Crippen molar-refractivity contribution in [3.8, 4) is 0 Å². The fourth-order valence-corrected chi connectivity index (χ4v) is 1.38. The van der Waals surface area contributed by atoms with Gasteiger partial charge in [0.2, 0.25) is 0 Å². The van der Waals surface area contributed by atoms with E-state index in [9.17, 15) is 4.39 Å². The van der Waals surface area contributed by atoms with Crippen LogP contribution in [0.25, 0.3) is 0 Å². The third-order valence-corrected chi connectivity index (χ3v) is 2.03. The van der Waals surface area contributed by atoms with Gasteiger partial charge in [-0.15, -0.1) is 0 Å². The zero-order chi connectivity index (χ0) is 10.7. The van der Waals surface area contributed by atoms with Crippen molar-refractivity contribution in [2.45, 2.75) is 32.7 Å². The average molecular weight is 193 g/mol. The SMILES string of the molecule is CC.CF.COCC1CCCN1C. The highest BCUT2D eigenvalue weighted by molar-refractivity contribution is 4.75. The van der Waals surface area contributed by atoms with E-state index in [1.165, 1.54) is 19.4 Å². The van der Waals surface area contributed by atoms with Gasteiger partial charge >= 0.3 is 0 Å². The maximum atomic E-state index is 9.50. The highest BCUT2D eigenvalue weighted by atomic mass is 19.1. The number of ether oxygens (including phenoxy) is 1. The Balaban J connectivity index is 0. The Morgan fingerprint density at radius 1 is 1.38 bits per heavy atom. The van der Waals surface area contributed by atoms with Crippen molar-refractivity contribution >= 4 is 0 Å². The topological polar surface area (TPSA) is 12.5 Å². The number of likely N-dealkylation sites (N-methyl/N-ethyl adjacent to an activating group) is 1. The van der Waals surface area contributed by atoms with E-state index in [1.54, 1.807) is 7.11 Å². The molecule has 0 radical (unpaired) electrons. The van der Waals surface area contributed by atoms with Crippen LogP contribution in [0.15, 0.2) is 0 Å². The second-order valence-electron chi connectivity index (χ2n) is 2.73. The van der Waals surface area contributed by atoms with Gasteiger partial charge in [-0.05, 0) is 26.4 Å². The van der Waals surface area contributed by atoms with Gasteiger partial charge in [-0.1, -0.05) is 13.8 Å². The molecule has 0 aromatic carbocycles. The molecule has 0 bridgehead atoms. The Hall–Kier alpha value is -0.150. The molecule has 0 aromatic rings. The molecule has 0 N–H and O–H groups in total. The van der Waals surface area contributed by atoms with Gasteiger partial charge in [0.25, 0.3) is 0 Å². The van der Waals surface area contributed by atoms with Crippen LogP contribution >= 0.6 is 0 Å². The summed E-state index contributed by atoms with van der Waals surface area (Å²) in [5, 5.41) is 0. The summed E-state index contributed by atoms with van der Waals surface area (Å²) in [6, 6.07) is 0.690. The predicted molar refractivity (Wildman–Crippen MR) is 55.9 cm³/mol. The monoisotopic (exact) mass is 193 g/mol. The normalized spacial score (nSPS) is 21.2. The lowest BCUT2D eigenvalue weighted by Gasteiger charge is -2.17.